The van der Waals surface area contributed by atoms with Crippen LogP contribution in [0.1, 0.15) is 20.7 Å². The molecule has 0 radical (unpaired) electrons. The van der Waals surface area contributed by atoms with Crippen molar-refractivity contribution in [2.75, 3.05) is 11.1 Å². The average molecular weight is 464 g/mol. The van der Waals surface area contributed by atoms with E-state index in [1.807, 2.05) is 24.3 Å². The molecule has 0 unspecified atom stereocenters. The summed E-state index contributed by atoms with van der Waals surface area (Å²) in [7, 11) is 0. The normalized spacial score (nSPS) is 10.6. The number of benzene rings is 2. The monoisotopic (exact) mass is 463 g/mol. The third-order valence-corrected chi connectivity index (χ3v) is 5.94. The molecule has 3 aromatic rings. The van der Waals surface area contributed by atoms with E-state index in [0.29, 0.717) is 21.0 Å². The summed E-state index contributed by atoms with van der Waals surface area (Å²) in [6, 6.07) is 12.0. The molecule has 1 heterocycles. The van der Waals surface area contributed by atoms with Gasteiger partial charge in [0.15, 0.2) is 0 Å². The zero-order valence-electron chi connectivity index (χ0n) is 13.7. The molecule has 0 spiro atoms. The van der Waals surface area contributed by atoms with Gasteiger partial charge in [0.2, 0.25) is 0 Å². The number of hydrogen-bond donors (Lipinski definition) is 4. The Kier molecular flexibility index (Phi) is 5.85. The van der Waals surface area contributed by atoms with Crippen LogP contribution in [0.5, 0.6) is 0 Å². The van der Waals surface area contributed by atoms with Crippen molar-refractivity contribution in [3.8, 4) is 10.4 Å². The largest absolute Gasteiger partial charge is 0.478 e. The van der Waals surface area contributed by atoms with Gasteiger partial charge < -0.3 is 16.2 Å². The Morgan fingerprint density at radius 3 is 2.44 bits per heavy atom. The van der Waals surface area contributed by atoms with Crippen LogP contribution in [0.15, 0.2) is 57.2 Å². The Morgan fingerprint density at radius 1 is 1.15 bits per heavy atom. The molecular weight excluding hydrogens is 450 g/mol. The number of hydrogen-bond acceptors (Lipinski definition) is 6. The standard InChI is InChI=1S/C18H14BrN3O3S2/c19-11-4-1-9(2-5-11)16-15(18(24)25)13(8-26-16)22-17(23)10-3-6-14(27-21)12(20)7-10/h1-8H,20-21H2,(H,22,23)(H,24,25). The number of nitrogens with one attached hydrogen (secondary N) is 1. The molecule has 0 bridgehead atoms. The number of halogens is 1. The number of carboxylic acids is 1. The summed E-state index contributed by atoms with van der Waals surface area (Å²) < 4.78 is 0.893. The first-order chi connectivity index (χ1) is 12.9. The van der Waals surface area contributed by atoms with E-state index in [1.54, 1.807) is 17.5 Å². The second kappa shape index (κ2) is 8.13. The quantitative estimate of drug-likeness (QED) is 0.322. The van der Waals surface area contributed by atoms with E-state index in [-0.39, 0.29) is 11.3 Å². The van der Waals surface area contributed by atoms with E-state index in [9.17, 15) is 14.7 Å². The predicted molar refractivity (Wildman–Crippen MR) is 113 cm³/mol. The number of thiophene rings is 1. The zero-order valence-corrected chi connectivity index (χ0v) is 17.0. The Bertz CT molecular complexity index is 1020. The Hall–Kier alpha value is -2.33. The summed E-state index contributed by atoms with van der Waals surface area (Å²) in [6.45, 7) is 0. The fourth-order valence-corrected chi connectivity index (χ4v) is 4.07. The highest BCUT2D eigenvalue weighted by Crippen LogP contribution is 2.37. The summed E-state index contributed by atoms with van der Waals surface area (Å²) >= 11 is 5.60. The zero-order chi connectivity index (χ0) is 19.6. The molecule has 0 fully saturated rings. The lowest BCUT2D eigenvalue weighted by molar-refractivity contribution is 0.0699. The molecule has 2 aromatic carbocycles. The number of aromatic carboxylic acids is 1. The van der Waals surface area contributed by atoms with Crippen molar-refractivity contribution < 1.29 is 14.7 Å². The molecule has 27 heavy (non-hydrogen) atoms. The second-order valence-electron chi connectivity index (χ2n) is 5.49. The molecule has 0 atom stereocenters. The van der Waals surface area contributed by atoms with Gasteiger partial charge in [-0.3, -0.25) is 9.93 Å². The van der Waals surface area contributed by atoms with Gasteiger partial charge in [-0.2, -0.15) is 0 Å². The topological polar surface area (TPSA) is 118 Å². The van der Waals surface area contributed by atoms with Crippen LogP contribution in [0.2, 0.25) is 0 Å². The summed E-state index contributed by atoms with van der Waals surface area (Å²) in [6.07, 6.45) is 0. The van der Waals surface area contributed by atoms with Crippen molar-refractivity contribution in [2.24, 2.45) is 5.14 Å². The van der Waals surface area contributed by atoms with E-state index in [4.69, 9.17) is 10.9 Å². The first-order valence-electron chi connectivity index (χ1n) is 7.59. The van der Waals surface area contributed by atoms with Crippen molar-refractivity contribution in [1.82, 2.24) is 0 Å². The number of rotatable bonds is 5. The van der Waals surface area contributed by atoms with Gasteiger partial charge in [0.05, 0.1) is 10.6 Å². The van der Waals surface area contributed by atoms with Gasteiger partial charge in [0.25, 0.3) is 5.91 Å². The van der Waals surface area contributed by atoms with Gasteiger partial charge in [0.1, 0.15) is 5.56 Å². The van der Waals surface area contributed by atoms with E-state index in [0.717, 1.165) is 22.0 Å². The highest BCUT2D eigenvalue weighted by atomic mass is 79.9. The van der Waals surface area contributed by atoms with Gasteiger partial charge in [-0.1, -0.05) is 28.1 Å². The molecule has 0 aliphatic heterocycles. The van der Waals surface area contributed by atoms with Crippen LogP contribution in [0, 0.1) is 0 Å². The molecule has 9 heteroatoms. The number of nitrogens with two attached hydrogens (primary N) is 2. The van der Waals surface area contributed by atoms with Crippen LogP contribution in [-0.4, -0.2) is 17.0 Å². The number of carbonyl (C=O) groups excluding carboxylic acids is 1. The van der Waals surface area contributed by atoms with Gasteiger partial charge in [-0.25, -0.2) is 4.79 Å². The van der Waals surface area contributed by atoms with Crippen LogP contribution in [0.3, 0.4) is 0 Å². The van der Waals surface area contributed by atoms with Gasteiger partial charge in [-0.15, -0.1) is 11.3 Å². The SMILES string of the molecule is NSc1ccc(C(=O)Nc2csc(-c3ccc(Br)cc3)c2C(=O)O)cc1N. The first kappa shape index (κ1) is 19.4. The van der Waals surface area contributed by atoms with Crippen molar-refractivity contribution in [1.29, 1.82) is 0 Å². The Balaban J connectivity index is 1.93. The third-order valence-electron chi connectivity index (χ3n) is 3.76. The molecule has 0 aliphatic rings. The van der Waals surface area contributed by atoms with E-state index < -0.39 is 11.9 Å². The molecule has 1 aromatic heterocycles. The summed E-state index contributed by atoms with van der Waals surface area (Å²) in [5.74, 6) is -1.56. The number of nitrogen functional groups attached to an aromatic ring is 1. The number of carbonyl (C=O) groups is 2. The van der Waals surface area contributed by atoms with Crippen LogP contribution < -0.4 is 16.2 Å². The number of anilines is 2. The maximum absolute atomic E-state index is 12.5. The molecule has 0 aliphatic carbocycles. The maximum Gasteiger partial charge on any atom is 0.339 e. The van der Waals surface area contributed by atoms with Gasteiger partial charge in [-0.05, 0) is 47.8 Å². The fourth-order valence-electron chi connectivity index (χ4n) is 2.47. The predicted octanol–water partition coefficient (Wildman–Crippen LogP) is 4.68. The fraction of sp³-hybridized carbons (Fsp3) is 0. The van der Waals surface area contributed by atoms with Crippen molar-refractivity contribution >= 4 is 62.5 Å². The molecule has 138 valence electrons. The number of amides is 1. The van der Waals surface area contributed by atoms with Crippen LogP contribution in [0.4, 0.5) is 11.4 Å². The summed E-state index contributed by atoms with van der Waals surface area (Å²) in [5.41, 5.74) is 7.61. The van der Waals surface area contributed by atoms with Gasteiger partial charge >= 0.3 is 5.97 Å². The molecular formula is C18H14BrN3O3S2. The lowest BCUT2D eigenvalue weighted by Gasteiger charge is -2.08. The minimum atomic E-state index is -1.11. The molecule has 6 N–H and O–H groups in total. The van der Waals surface area contributed by atoms with Crippen molar-refractivity contribution in [3.63, 3.8) is 0 Å². The van der Waals surface area contributed by atoms with E-state index in [1.165, 1.54) is 17.4 Å². The van der Waals surface area contributed by atoms with E-state index >= 15 is 0 Å². The average Bonchev–Trinajstić information content (AvgIpc) is 3.06. The number of carboxylic acid groups (broad SMARTS) is 1. The highest BCUT2D eigenvalue weighted by molar-refractivity contribution is 9.10. The second-order valence-corrected chi connectivity index (χ2v) is 7.96. The van der Waals surface area contributed by atoms with Gasteiger partial charge in [0, 0.05) is 26.0 Å². The van der Waals surface area contributed by atoms with E-state index in [2.05, 4.69) is 21.2 Å². The van der Waals surface area contributed by atoms with Crippen molar-refractivity contribution in [2.45, 2.75) is 4.90 Å². The van der Waals surface area contributed by atoms with Crippen LogP contribution in [0.25, 0.3) is 10.4 Å². The third kappa shape index (κ3) is 4.16. The minimum Gasteiger partial charge on any atom is -0.478 e. The lowest BCUT2D eigenvalue weighted by atomic mass is 10.1. The lowest BCUT2D eigenvalue weighted by Crippen LogP contribution is -2.14. The molecule has 6 nitrogen and oxygen atoms in total. The smallest absolute Gasteiger partial charge is 0.339 e. The Morgan fingerprint density at radius 2 is 1.85 bits per heavy atom. The molecule has 3 rings (SSSR count). The molecule has 0 saturated carbocycles. The highest BCUT2D eigenvalue weighted by Gasteiger charge is 2.21. The molecule has 0 saturated heterocycles. The van der Waals surface area contributed by atoms with Crippen molar-refractivity contribution in [3.05, 3.63) is 63.4 Å². The maximum atomic E-state index is 12.5. The molecule has 1 amide bonds. The summed E-state index contributed by atoms with van der Waals surface area (Å²) in [4.78, 5) is 25.6. The first-order valence-corrected chi connectivity index (χ1v) is 10.1. The van der Waals surface area contributed by atoms with Crippen LogP contribution >= 0.6 is 39.2 Å². The van der Waals surface area contributed by atoms with Crippen LogP contribution in [-0.2, 0) is 0 Å². The summed E-state index contributed by atoms with van der Waals surface area (Å²) in [5, 5.41) is 19.4. The Labute approximate surface area is 171 Å². The minimum absolute atomic E-state index is 0.0535.